The van der Waals surface area contributed by atoms with E-state index in [0.29, 0.717) is 20.8 Å². The first-order valence-corrected chi connectivity index (χ1v) is 8.19. The Bertz CT molecular complexity index is 430. The first-order chi connectivity index (χ1) is 9.16. The minimum Gasteiger partial charge on any atom is -0.352 e. The third-order valence-corrected chi connectivity index (χ3v) is 4.77. The predicted octanol–water partition coefficient (Wildman–Crippen LogP) is 3.66. The molecule has 0 radical (unpaired) electrons. The predicted molar refractivity (Wildman–Crippen MR) is 81.6 cm³/mol. The molecule has 2 heterocycles. The summed E-state index contributed by atoms with van der Waals surface area (Å²) in [4.78, 5) is 14.3. The van der Waals surface area contributed by atoms with Crippen LogP contribution in [0.5, 0.6) is 0 Å². The first kappa shape index (κ1) is 15.1. The number of carbonyl (C=O) groups excluding carboxylic acids is 1. The van der Waals surface area contributed by atoms with E-state index in [0.717, 1.165) is 13.0 Å². The minimum atomic E-state index is -0.133. The minimum absolute atomic E-state index is 0.133. The van der Waals surface area contributed by atoms with E-state index in [-0.39, 0.29) is 5.91 Å². The third-order valence-electron chi connectivity index (χ3n) is 3.29. The van der Waals surface area contributed by atoms with Gasteiger partial charge in [0.2, 0.25) is 0 Å². The van der Waals surface area contributed by atoms with Crippen LogP contribution in [0.3, 0.4) is 0 Å². The van der Waals surface area contributed by atoms with Gasteiger partial charge in [0, 0.05) is 6.54 Å². The normalized spacial score (nSPS) is 16.5. The highest BCUT2D eigenvalue weighted by atomic mass is 35.5. The van der Waals surface area contributed by atoms with Crippen LogP contribution in [0.2, 0.25) is 8.67 Å². The average molecular weight is 321 g/mol. The van der Waals surface area contributed by atoms with Gasteiger partial charge in [-0.15, -0.1) is 11.3 Å². The van der Waals surface area contributed by atoms with Crippen molar-refractivity contribution in [2.45, 2.75) is 25.7 Å². The lowest BCUT2D eigenvalue weighted by molar-refractivity contribution is 0.0951. The van der Waals surface area contributed by atoms with E-state index in [9.17, 15) is 4.79 Å². The molecule has 3 nitrogen and oxygen atoms in total. The largest absolute Gasteiger partial charge is 0.352 e. The standard InChI is InChI=1S/C13H18Cl2N2OS/c14-11-9-10(12(15)19-11)13(18)16-5-4-8-17-6-2-1-3-7-17/h9H,1-8H2,(H,16,18). The molecule has 1 aliphatic rings. The maximum Gasteiger partial charge on any atom is 0.253 e. The highest BCUT2D eigenvalue weighted by Crippen LogP contribution is 2.30. The topological polar surface area (TPSA) is 32.3 Å². The van der Waals surface area contributed by atoms with Crippen molar-refractivity contribution >= 4 is 40.4 Å². The summed E-state index contributed by atoms with van der Waals surface area (Å²) in [6.45, 7) is 4.12. The Balaban J connectivity index is 1.67. The molecule has 6 heteroatoms. The van der Waals surface area contributed by atoms with Gasteiger partial charge in [-0.2, -0.15) is 0 Å². The van der Waals surface area contributed by atoms with Crippen molar-refractivity contribution in [1.29, 1.82) is 0 Å². The second-order valence-electron chi connectivity index (χ2n) is 4.75. The molecule has 1 fully saturated rings. The molecule has 1 saturated heterocycles. The van der Waals surface area contributed by atoms with Gasteiger partial charge >= 0.3 is 0 Å². The number of nitrogens with zero attached hydrogens (tertiary/aromatic N) is 1. The fourth-order valence-electron chi connectivity index (χ4n) is 2.28. The first-order valence-electron chi connectivity index (χ1n) is 6.62. The summed E-state index contributed by atoms with van der Waals surface area (Å²) >= 11 is 13.0. The summed E-state index contributed by atoms with van der Waals surface area (Å²) < 4.78 is 1.00. The number of amides is 1. The SMILES string of the molecule is O=C(NCCCN1CCCCC1)c1cc(Cl)sc1Cl. The molecule has 19 heavy (non-hydrogen) atoms. The maximum atomic E-state index is 11.9. The van der Waals surface area contributed by atoms with Crippen LogP contribution in [0.1, 0.15) is 36.0 Å². The van der Waals surface area contributed by atoms with Crippen molar-refractivity contribution < 1.29 is 4.79 Å². The van der Waals surface area contributed by atoms with Crippen LogP contribution >= 0.6 is 34.5 Å². The molecule has 106 valence electrons. The summed E-state index contributed by atoms with van der Waals surface area (Å²) in [6, 6.07) is 1.62. The van der Waals surface area contributed by atoms with Crippen LogP contribution in [0, 0.1) is 0 Å². The number of hydrogen-bond acceptors (Lipinski definition) is 3. The highest BCUT2D eigenvalue weighted by Gasteiger charge is 2.14. The van der Waals surface area contributed by atoms with Gasteiger partial charge in [0.25, 0.3) is 5.91 Å². The van der Waals surface area contributed by atoms with Gasteiger partial charge in [0.1, 0.15) is 4.34 Å². The van der Waals surface area contributed by atoms with Gasteiger partial charge in [-0.05, 0) is 45.0 Å². The zero-order chi connectivity index (χ0) is 13.7. The fourth-order valence-corrected chi connectivity index (χ4v) is 3.74. The Morgan fingerprint density at radius 1 is 1.32 bits per heavy atom. The van der Waals surface area contributed by atoms with Gasteiger partial charge in [0.15, 0.2) is 0 Å². The van der Waals surface area contributed by atoms with Crippen LogP contribution in [0.25, 0.3) is 0 Å². The fraction of sp³-hybridized carbons (Fsp3) is 0.615. The molecule has 1 amide bonds. The summed E-state index contributed by atoms with van der Waals surface area (Å²) in [7, 11) is 0. The zero-order valence-corrected chi connectivity index (χ0v) is 13.1. The molecule has 1 aliphatic heterocycles. The maximum absolute atomic E-state index is 11.9. The lowest BCUT2D eigenvalue weighted by Gasteiger charge is -2.26. The highest BCUT2D eigenvalue weighted by molar-refractivity contribution is 7.20. The van der Waals surface area contributed by atoms with E-state index in [1.165, 1.54) is 43.7 Å². The number of halogens is 2. The van der Waals surface area contributed by atoms with Crippen molar-refractivity contribution in [3.05, 3.63) is 20.3 Å². The van der Waals surface area contributed by atoms with Gasteiger partial charge < -0.3 is 10.2 Å². The smallest absolute Gasteiger partial charge is 0.253 e. The van der Waals surface area contributed by atoms with Crippen LogP contribution in [0.4, 0.5) is 0 Å². The molecule has 0 atom stereocenters. The van der Waals surface area contributed by atoms with Crippen LogP contribution in [-0.4, -0.2) is 37.0 Å². The lowest BCUT2D eigenvalue weighted by Crippen LogP contribution is -2.33. The molecule has 0 spiro atoms. The molecule has 0 unspecified atom stereocenters. The van der Waals surface area contributed by atoms with E-state index in [4.69, 9.17) is 23.2 Å². The quantitative estimate of drug-likeness (QED) is 0.840. The van der Waals surface area contributed by atoms with Gasteiger partial charge in [0.05, 0.1) is 9.90 Å². The monoisotopic (exact) mass is 320 g/mol. The second kappa shape index (κ2) is 7.48. The Hall–Kier alpha value is -0.290. The van der Waals surface area contributed by atoms with Crippen molar-refractivity contribution in [2.24, 2.45) is 0 Å². The molecule has 1 aromatic heterocycles. The van der Waals surface area contributed by atoms with E-state index in [1.54, 1.807) is 6.07 Å². The van der Waals surface area contributed by atoms with Crippen molar-refractivity contribution in [1.82, 2.24) is 10.2 Å². The molecule has 0 bridgehead atoms. The summed E-state index contributed by atoms with van der Waals surface area (Å²) in [6.07, 6.45) is 4.93. The molecule has 2 rings (SSSR count). The van der Waals surface area contributed by atoms with Gasteiger partial charge in [-0.25, -0.2) is 0 Å². The Kier molecular flexibility index (Phi) is 5.95. The summed E-state index contributed by atoms with van der Waals surface area (Å²) in [5.41, 5.74) is 0.481. The molecule has 0 aliphatic carbocycles. The Labute approximate surface area is 127 Å². The van der Waals surface area contributed by atoms with Crippen LogP contribution in [-0.2, 0) is 0 Å². The lowest BCUT2D eigenvalue weighted by atomic mass is 10.1. The number of rotatable bonds is 5. The number of thiophene rings is 1. The summed E-state index contributed by atoms with van der Waals surface area (Å²) in [5, 5.41) is 2.89. The van der Waals surface area contributed by atoms with Gasteiger partial charge in [-0.1, -0.05) is 29.6 Å². The molecular formula is C13H18Cl2N2OS. The van der Waals surface area contributed by atoms with E-state index in [2.05, 4.69) is 10.2 Å². The summed E-state index contributed by atoms with van der Waals surface area (Å²) in [5.74, 6) is -0.133. The van der Waals surface area contributed by atoms with Crippen molar-refractivity contribution in [3.63, 3.8) is 0 Å². The Morgan fingerprint density at radius 2 is 2.05 bits per heavy atom. The van der Waals surface area contributed by atoms with Crippen LogP contribution < -0.4 is 5.32 Å². The zero-order valence-electron chi connectivity index (χ0n) is 10.8. The molecule has 1 N–H and O–H groups in total. The van der Waals surface area contributed by atoms with Crippen LogP contribution in [0.15, 0.2) is 6.07 Å². The number of carbonyl (C=O) groups is 1. The average Bonchev–Trinajstić information content (AvgIpc) is 2.75. The molecule has 0 aromatic carbocycles. The molecular weight excluding hydrogens is 303 g/mol. The number of hydrogen-bond donors (Lipinski definition) is 1. The third kappa shape index (κ3) is 4.63. The van der Waals surface area contributed by atoms with E-state index < -0.39 is 0 Å². The van der Waals surface area contributed by atoms with E-state index >= 15 is 0 Å². The number of nitrogens with one attached hydrogen (secondary N) is 1. The second-order valence-corrected chi connectivity index (χ2v) is 7.04. The van der Waals surface area contributed by atoms with Gasteiger partial charge in [-0.3, -0.25) is 4.79 Å². The molecule has 1 aromatic rings. The molecule has 0 saturated carbocycles. The number of piperidine rings is 1. The Morgan fingerprint density at radius 3 is 2.68 bits per heavy atom. The van der Waals surface area contributed by atoms with E-state index in [1.807, 2.05) is 0 Å². The number of likely N-dealkylation sites (tertiary alicyclic amines) is 1. The van der Waals surface area contributed by atoms with Crippen molar-refractivity contribution in [2.75, 3.05) is 26.2 Å². The van der Waals surface area contributed by atoms with Crippen molar-refractivity contribution in [3.8, 4) is 0 Å².